The summed E-state index contributed by atoms with van der Waals surface area (Å²) in [6.07, 6.45) is -3.86. The average Bonchev–Trinajstić information content (AvgIpc) is 2.96. The van der Waals surface area contributed by atoms with Crippen molar-refractivity contribution in [1.29, 1.82) is 0 Å². The summed E-state index contributed by atoms with van der Waals surface area (Å²) < 4.78 is 59.3. The summed E-state index contributed by atoms with van der Waals surface area (Å²) in [7, 11) is -0.827. The van der Waals surface area contributed by atoms with E-state index in [9.17, 15) is 18.0 Å². The lowest BCUT2D eigenvalue weighted by molar-refractivity contribution is -0.274. The second-order valence-corrected chi connectivity index (χ2v) is 8.84. The number of carbonyl (C=O) groups excluding carboxylic acids is 1. The second kappa shape index (κ2) is 10.1. The highest BCUT2D eigenvalue weighted by atomic mass is 19.4. The highest BCUT2D eigenvalue weighted by Crippen LogP contribution is 2.39. The molecule has 0 saturated carbocycles. The molecule has 0 aliphatic carbocycles. The van der Waals surface area contributed by atoms with Gasteiger partial charge in [-0.15, -0.1) is 13.2 Å². The van der Waals surface area contributed by atoms with E-state index < -0.39 is 30.8 Å². The third kappa shape index (κ3) is 7.01. The SMILES string of the molecule is CC1(C)OB(C(=Cc2cccc(OC(F)(F)F)c2)CNC(=O)OCc2ccccc2)OC1(C)C. The number of alkyl carbamates (subject to hydrolysis) is 1. The first kappa shape index (κ1) is 25.6. The van der Waals surface area contributed by atoms with Crippen LogP contribution in [0.5, 0.6) is 5.75 Å². The lowest BCUT2D eigenvalue weighted by Gasteiger charge is -2.32. The fourth-order valence-electron chi connectivity index (χ4n) is 3.16. The van der Waals surface area contributed by atoms with Crippen LogP contribution in [0.3, 0.4) is 0 Å². The van der Waals surface area contributed by atoms with Crippen molar-refractivity contribution in [3.05, 3.63) is 71.2 Å². The number of hydrogen-bond donors (Lipinski definition) is 1. The average molecular weight is 477 g/mol. The second-order valence-electron chi connectivity index (χ2n) is 8.84. The van der Waals surface area contributed by atoms with Gasteiger partial charge >= 0.3 is 19.6 Å². The Morgan fingerprint density at radius 1 is 1.03 bits per heavy atom. The fourth-order valence-corrected chi connectivity index (χ4v) is 3.16. The number of rotatable bonds is 7. The normalized spacial score (nSPS) is 17.4. The summed E-state index contributed by atoms with van der Waals surface area (Å²) in [5, 5.41) is 2.66. The topological polar surface area (TPSA) is 66.0 Å². The molecule has 0 radical (unpaired) electrons. The van der Waals surface area contributed by atoms with Crippen molar-refractivity contribution >= 4 is 19.3 Å². The van der Waals surface area contributed by atoms with Gasteiger partial charge in [0.15, 0.2) is 0 Å². The Balaban J connectivity index is 1.76. The van der Waals surface area contributed by atoms with Crippen LogP contribution in [0.1, 0.15) is 38.8 Å². The molecule has 34 heavy (non-hydrogen) atoms. The molecule has 3 rings (SSSR count). The highest BCUT2D eigenvalue weighted by Gasteiger charge is 2.52. The molecule has 6 nitrogen and oxygen atoms in total. The number of ether oxygens (including phenoxy) is 2. The molecule has 1 N–H and O–H groups in total. The quantitative estimate of drug-likeness (QED) is 0.532. The van der Waals surface area contributed by atoms with Gasteiger partial charge in [-0.25, -0.2) is 4.79 Å². The molecule has 1 saturated heterocycles. The molecule has 1 aliphatic heterocycles. The summed E-state index contributed by atoms with van der Waals surface area (Å²) in [4.78, 5) is 12.3. The first-order chi connectivity index (χ1) is 15.8. The van der Waals surface area contributed by atoms with Gasteiger partial charge in [0, 0.05) is 6.54 Å². The molecule has 0 bridgehead atoms. The van der Waals surface area contributed by atoms with Gasteiger partial charge in [0.2, 0.25) is 0 Å². The van der Waals surface area contributed by atoms with Gasteiger partial charge in [-0.2, -0.15) is 0 Å². The molecule has 182 valence electrons. The van der Waals surface area contributed by atoms with Crippen LogP contribution in [-0.4, -0.2) is 37.3 Å². The Morgan fingerprint density at radius 2 is 1.68 bits per heavy atom. The van der Waals surface area contributed by atoms with Crippen LogP contribution in [0.25, 0.3) is 6.08 Å². The van der Waals surface area contributed by atoms with Crippen molar-refractivity contribution in [2.45, 2.75) is 51.9 Å². The summed E-state index contributed by atoms with van der Waals surface area (Å²) >= 11 is 0. The number of nitrogens with one attached hydrogen (secondary N) is 1. The van der Waals surface area contributed by atoms with E-state index in [-0.39, 0.29) is 18.9 Å². The predicted molar refractivity (Wildman–Crippen MR) is 122 cm³/mol. The van der Waals surface area contributed by atoms with Crippen LogP contribution in [0, 0.1) is 0 Å². The molecule has 0 unspecified atom stereocenters. The van der Waals surface area contributed by atoms with Gasteiger partial charge < -0.3 is 24.1 Å². The standard InChI is InChI=1S/C24H27BF3NO5/c1-22(2)23(3,4)34-25(33-22)19(13-18-11-8-12-20(14-18)32-24(26,27)28)15-29-21(30)31-16-17-9-6-5-7-10-17/h5-14H,15-16H2,1-4H3,(H,29,30). The maximum Gasteiger partial charge on any atom is 0.573 e. The van der Waals surface area contributed by atoms with E-state index in [0.717, 1.165) is 5.56 Å². The van der Waals surface area contributed by atoms with Gasteiger partial charge in [-0.3, -0.25) is 0 Å². The van der Waals surface area contributed by atoms with Crippen molar-refractivity contribution in [2.24, 2.45) is 0 Å². The molecule has 2 aromatic rings. The fraction of sp³-hybridized carbons (Fsp3) is 0.375. The zero-order valence-corrected chi connectivity index (χ0v) is 19.4. The largest absolute Gasteiger partial charge is 0.573 e. The van der Waals surface area contributed by atoms with Crippen LogP contribution in [0.15, 0.2) is 60.1 Å². The number of benzene rings is 2. The first-order valence-corrected chi connectivity index (χ1v) is 10.7. The van der Waals surface area contributed by atoms with E-state index in [0.29, 0.717) is 11.0 Å². The minimum absolute atomic E-state index is 0.00515. The maximum absolute atomic E-state index is 12.6. The molecule has 0 spiro atoms. The van der Waals surface area contributed by atoms with Crippen molar-refractivity contribution in [3.63, 3.8) is 0 Å². The van der Waals surface area contributed by atoms with Crippen molar-refractivity contribution in [2.75, 3.05) is 6.54 Å². The molecular weight excluding hydrogens is 450 g/mol. The lowest BCUT2D eigenvalue weighted by Crippen LogP contribution is -2.41. The molecule has 0 aromatic heterocycles. The van der Waals surface area contributed by atoms with Crippen LogP contribution in [-0.2, 0) is 20.7 Å². The zero-order chi connectivity index (χ0) is 25.0. The van der Waals surface area contributed by atoms with E-state index in [4.69, 9.17) is 14.0 Å². The van der Waals surface area contributed by atoms with E-state index >= 15 is 0 Å². The van der Waals surface area contributed by atoms with E-state index in [1.54, 1.807) is 12.1 Å². The van der Waals surface area contributed by atoms with Gasteiger partial charge in [0.25, 0.3) is 0 Å². The van der Waals surface area contributed by atoms with Crippen LogP contribution in [0.4, 0.5) is 18.0 Å². The molecule has 1 aliphatic rings. The first-order valence-electron chi connectivity index (χ1n) is 10.7. The minimum atomic E-state index is -4.80. The lowest BCUT2D eigenvalue weighted by atomic mass is 9.77. The third-order valence-electron chi connectivity index (χ3n) is 5.65. The van der Waals surface area contributed by atoms with Crippen molar-refractivity contribution in [3.8, 4) is 5.75 Å². The number of hydrogen-bond acceptors (Lipinski definition) is 5. The molecule has 1 heterocycles. The van der Waals surface area contributed by atoms with Crippen LogP contribution in [0.2, 0.25) is 0 Å². The molecule has 2 aromatic carbocycles. The zero-order valence-electron chi connectivity index (χ0n) is 19.4. The van der Waals surface area contributed by atoms with Gasteiger partial charge in [-0.1, -0.05) is 48.5 Å². The Kier molecular flexibility index (Phi) is 7.62. The summed E-state index contributed by atoms with van der Waals surface area (Å²) in [5.74, 6) is -0.357. The molecular formula is C24H27BF3NO5. The molecule has 1 amide bonds. The summed E-state index contributed by atoms with van der Waals surface area (Å²) in [6.45, 7) is 7.61. The number of alkyl halides is 3. The maximum atomic E-state index is 12.6. The Labute approximate surface area is 197 Å². The number of carbonyl (C=O) groups is 1. The smallest absolute Gasteiger partial charge is 0.445 e. The number of amides is 1. The minimum Gasteiger partial charge on any atom is -0.445 e. The summed E-state index contributed by atoms with van der Waals surface area (Å²) in [5.41, 5.74) is 0.462. The van der Waals surface area contributed by atoms with Crippen molar-refractivity contribution in [1.82, 2.24) is 5.32 Å². The molecule has 10 heteroatoms. The van der Waals surface area contributed by atoms with Gasteiger partial charge in [-0.05, 0) is 56.4 Å². The van der Waals surface area contributed by atoms with Crippen LogP contribution >= 0.6 is 0 Å². The monoisotopic (exact) mass is 477 g/mol. The number of halogens is 3. The van der Waals surface area contributed by atoms with E-state index in [1.165, 1.54) is 18.2 Å². The molecule has 1 fully saturated rings. The Morgan fingerprint density at radius 3 is 2.29 bits per heavy atom. The van der Waals surface area contributed by atoms with Crippen molar-refractivity contribution < 1.29 is 36.7 Å². The van der Waals surface area contributed by atoms with Crippen LogP contribution < -0.4 is 10.1 Å². The summed E-state index contributed by atoms with van der Waals surface area (Å²) in [6, 6.07) is 14.7. The van der Waals surface area contributed by atoms with E-state index in [2.05, 4.69) is 10.1 Å². The van der Waals surface area contributed by atoms with Gasteiger partial charge in [0.05, 0.1) is 11.2 Å². The third-order valence-corrected chi connectivity index (χ3v) is 5.65. The Bertz CT molecular complexity index is 1010. The van der Waals surface area contributed by atoms with E-state index in [1.807, 2.05) is 58.0 Å². The highest BCUT2D eigenvalue weighted by molar-refractivity contribution is 6.56. The van der Waals surface area contributed by atoms with Gasteiger partial charge in [0.1, 0.15) is 12.4 Å². The Hall–Kier alpha value is -2.98. The predicted octanol–water partition coefficient (Wildman–Crippen LogP) is 5.53. The molecule has 0 atom stereocenters.